The number of furan rings is 1. The Morgan fingerprint density at radius 3 is 2.50 bits per heavy atom. The second kappa shape index (κ2) is 10.4. The minimum absolute atomic E-state index is 0.0193. The fourth-order valence-corrected chi connectivity index (χ4v) is 3.78. The minimum Gasteiger partial charge on any atom is -0.487 e. The Labute approximate surface area is 207 Å². The molecule has 0 radical (unpaired) electrons. The van der Waals surface area contributed by atoms with E-state index in [-0.39, 0.29) is 19.4 Å². The van der Waals surface area contributed by atoms with Crippen LogP contribution < -0.4 is 4.74 Å². The standard InChI is InChI=1S/C28H24N2O6/c1-18-22(29-28(35-18)24-8-5-15-33-24)17-34-21-11-9-19(10-12-21)16-25-30-27(20-6-3-2-4-7-20)23(36-25)13-14-26(31)32/h2-12,15H,13-14,16-17H2,1H3,(H,31,32). The molecule has 5 aromatic rings. The number of carbonyl (C=O) groups is 1. The molecular weight excluding hydrogens is 460 g/mol. The number of nitrogens with zero attached hydrogens (tertiary/aromatic N) is 2. The Bertz CT molecular complexity index is 1430. The van der Waals surface area contributed by atoms with Crippen LogP contribution >= 0.6 is 0 Å². The molecule has 0 aliphatic heterocycles. The molecule has 182 valence electrons. The van der Waals surface area contributed by atoms with Crippen molar-refractivity contribution in [1.82, 2.24) is 9.97 Å². The third-order valence-corrected chi connectivity index (χ3v) is 5.63. The van der Waals surface area contributed by atoms with Gasteiger partial charge in [-0.05, 0) is 36.8 Å². The Hall–Kier alpha value is -4.59. The van der Waals surface area contributed by atoms with Crippen LogP contribution in [-0.4, -0.2) is 21.0 Å². The molecule has 3 heterocycles. The van der Waals surface area contributed by atoms with Crippen molar-refractivity contribution < 1.29 is 27.9 Å². The van der Waals surface area contributed by atoms with Gasteiger partial charge in [0.2, 0.25) is 0 Å². The summed E-state index contributed by atoms with van der Waals surface area (Å²) < 4.78 is 22.9. The normalized spacial score (nSPS) is 11.0. The molecule has 0 amide bonds. The van der Waals surface area contributed by atoms with Crippen LogP contribution in [-0.2, 0) is 24.2 Å². The number of ether oxygens (including phenoxy) is 1. The molecular formula is C28H24N2O6. The van der Waals surface area contributed by atoms with Gasteiger partial charge in [-0.2, -0.15) is 0 Å². The summed E-state index contributed by atoms with van der Waals surface area (Å²) in [6.45, 7) is 2.11. The molecule has 0 saturated heterocycles. The summed E-state index contributed by atoms with van der Waals surface area (Å²) in [5.74, 6) is 2.61. The lowest BCUT2D eigenvalue weighted by Crippen LogP contribution is -1.98. The van der Waals surface area contributed by atoms with Crippen LogP contribution in [0.3, 0.4) is 0 Å². The molecule has 0 unspecified atom stereocenters. The van der Waals surface area contributed by atoms with E-state index in [1.54, 1.807) is 18.4 Å². The van der Waals surface area contributed by atoms with E-state index >= 15 is 0 Å². The van der Waals surface area contributed by atoms with E-state index in [2.05, 4.69) is 9.97 Å². The minimum atomic E-state index is -0.874. The van der Waals surface area contributed by atoms with Gasteiger partial charge in [0, 0.05) is 18.4 Å². The lowest BCUT2D eigenvalue weighted by molar-refractivity contribution is -0.137. The van der Waals surface area contributed by atoms with Crippen molar-refractivity contribution in [2.24, 2.45) is 0 Å². The first-order valence-corrected chi connectivity index (χ1v) is 11.5. The molecule has 0 atom stereocenters. The summed E-state index contributed by atoms with van der Waals surface area (Å²) in [7, 11) is 0. The number of oxazole rings is 2. The predicted molar refractivity (Wildman–Crippen MR) is 130 cm³/mol. The van der Waals surface area contributed by atoms with Crippen molar-refractivity contribution in [3.05, 3.63) is 102 Å². The van der Waals surface area contributed by atoms with Crippen molar-refractivity contribution in [3.8, 4) is 28.7 Å². The zero-order valence-electron chi connectivity index (χ0n) is 19.6. The van der Waals surface area contributed by atoms with Gasteiger partial charge in [-0.25, -0.2) is 9.97 Å². The zero-order chi connectivity index (χ0) is 24.9. The topological polar surface area (TPSA) is 112 Å². The van der Waals surface area contributed by atoms with Crippen LogP contribution in [0.2, 0.25) is 0 Å². The summed E-state index contributed by atoms with van der Waals surface area (Å²) in [6.07, 6.45) is 2.31. The number of rotatable bonds is 10. The molecule has 0 aliphatic rings. The van der Waals surface area contributed by atoms with E-state index in [9.17, 15) is 4.79 Å². The summed E-state index contributed by atoms with van der Waals surface area (Å²) in [4.78, 5) is 20.2. The fraction of sp³-hybridized carbons (Fsp3) is 0.179. The molecule has 8 heteroatoms. The van der Waals surface area contributed by atoms with Crippen LogP contribution in [0.25, 0.3) is 22.9 Å². The molecule has 0 spiro atoms. The average Bonchev–Trinajstić information content (AvgIpc) is 3.63. The Morgan fingerprint density at radius 1 is 0.972 bits per heavy atom. The number of aromatic nitrogens is 2. The summed E-state index contributed by atoms with van der Waals surface area (Å²) in [5.41, 5.74) is 3.28. The fourth-order valence-electron chi connectivity index (χ4n) is 3.78. The molecule has 36 heavy (non-hydrogen) atoms. The van der Waals surface area contributed by atoms with Gasteiger partial charge >= 0.3 is 5.97 Å². The number of aliphatic carboxylic acids is 1. The van der Waals surface area contributed by atoms with E-state index in [0.29, 0.717) is 52.6 Å². The van der Waals surface area contributed by atoms with Crippen LogP contribution in [0, 0.1) is 6.92 Å². The van der Waals surface area contributed by atoms with Gasteiger partial charge in [-0.15, -0.1) is 0 Å². The first-order valence-electron chi connectivity index (χ1n) is 11.5. The largest absolute Gasteiger partial charge is 0.487 e. The highest BCUT2D eigenvalue weighted by Gasteiger charge is 2.17. The number of carboxylic acid groups (broad SMARTS) is 1. The molecule has 2 aromatic carbocycles. The second-order valence-corrected chi connectivity index (χ2v) is 8.25. The number of aryl methyl sites for hydroxylation is 2. The highest BCUT2D eigenvalue weighted by molar-refractivity contribution is 5.68. The second-order valence-electron chi connectivity index (χ2n) is 8.25. The molecule has 5 rings (SSSR count). The quantitative estimate of drug-likeness (QED) is 0.254. The zero-order valence-corrected chi connectivity index (χ0v) is 19.6. The highest BCUT2D eigenvalue weighted by Crippen LogP contribution is 2.27. The Morgan fingerprint density at radius 2 is 1.78 bits per heavy atom. The van der Waals surface area contributed by atoms with E-state index < -0.39 is 5.97 Å². The summed E-state index contributed by atoms with van der Waals surface area (Å²) in [5, 5.41) is 9.09. The van der Waals surface area contributed by atoms with Crippen molar-refractivity contribution in [1.29, 1.82) is 0 Å². The Kier molecular flexibility index (Phi) is 6.66. The number of hydrogen-bond acceptors (Lipinski definition) is 7. The summed E-state index contributed by atoms with van der Waals surface area (Å²) >= 11 is 0. The van der Waals surface area contributed by atoms with E-state index in [0.717, 1.165) is 11.1 Å². The van der Waals surface area contributed by atoms with Crippen LogP contribution in [0.4, 0.5) is 0 Å². The molecule has 0 saturated carbocycles. The van der Waals surface area contributed by atoms with Crippen LogP contribution in [0.5, 0.6) is 5.75 Å². The highest BCUT2D eigenvalue weighted by atomic mass is 16.5. The Balaban J connectivity index is 1.25. The van der Waals surface area contributed by atoms with Crippen LogP contribution in [0.1, 0.15) is 35.1 Å². The lowest BCUT2D eigenvalue weighted by Gasteiger charge is -2.05. The number of hydrogen-bond donors (Lipinski definition) is 1. The van der Waals surface area contributed by atoms with Gasteiger partial charge in [0.15, 0.2) is 11.7 Å². The predicted octanol–water partition coefficient (Wildman–Crippen LogP) is 6.09. The molecule has 1 N–H and O–H groups in total. The molecule has 3 aromatic heterocycles. The molecule has 0 fully saturated rings. The lowest BCUT2D eigenvalue weighted by atomic mass is 10.1. The van der Waals surface area contributed by atoms with Crippen molar-refractivity contribution in [2.75, 3.05) is 0 Å². The van der Waals surface area contributed by atoms with Gasteiger partial charge in [-0.1, -0.05) is 42.5 Å². The third-order valence-electron chi connectivity index (χ3n) is 5.63. The third kappa shape index (κ3) is 5.38. The maximum Gasteiger partial charge on any atom is 0.303 e. The maximum absolute atomic E-state index is 11.1. The van der Waals surface area contributed by atoms with Gasteiger partial charge < -0.3 is 23.1 Å². The van der Waals surface area contributed by atoms with Gasteiger partial charge in [-0.3, -0.25) is 4.79 Å². The molecule has 0 bridgehead atoms. The van der Waals surface area contributed by atoms with Gasteiger partial charge in [0.05, 0.1) is 12.7 Å². The monoisotopic (exact) mass is 484 g/mol. The van der Waals surface area contributed by atoms with Crippen molar-refractivity contribution in [2.45, 2.75) is 32.8 Å². The average molecular weight is 485 g/mol. The SMILES string of the molecule is Cc1oc(-c2ccco2)nc1COc1ccc(Cc2nc(-c3ccccc3)c(CCC(=O)O)o2)cc1. The molecule has 0 aliphatic carbocycles. The van der Waals surface area contributed by atoms with Gasteiger partial charge in [0.25, 0.3) is 5.89 Å². The van der Waals surface area contributed by atoms with Crippen molar-refractivity contribution in [3.63, 3.8) is 0 Å². The maximum atomic E-state index is 11.1. The van der Waals surface area contributed by atoms with E-state index in [4.69, 9.17) is 23.1 Å². The van der Waals surface area contributed by atoms with Crippen LogP contribution in [0.15, 0.2) is 86.2 Å². The smallest absolute Gasteiger partial charge is 0.303 e. The first-order chi connectivity index (χ1) is 17.5. The van der Waals surface area contributed by atoms with Crippen molar-refractivity contribution >= 4 is 5.97 Å². The number of carboxylic acids is 1. The molecule has 8 nitrogen and oxygen atoms in total. The number of benzene rings is 2. The van der Waals surface area contributed by atoms with Gasteiger partial charge in [0.1, 0.15) is 35.3 Å². The summed E-state index contributed by atoms with van der Waals surface area (Å²) in [6, 6.07) is 20.9. The van der Waals surface area contributed by atoms with E-state index in [1.807, 2.05) is 61.5 Å². The first kappa shape index (κ1) is 23.2. The van der Waals surface area contributed by atoms with E-state index in [1.165, 1.54) is 0 Å².